The smallest absolute Gasteiger partial charge is 0.340 e. The molecule has 1 heterocycles. The molecule has 9 heteroatoms. The maximum Gasteiger partial charge on any atom is 0.340 e. The average Bonchev–Trinajstić information content (AvgIpc) is 2.74. The quantitative estimate of drug-likeness (QED) is 0.396. The number of non-ortho nitro benzene ring substituents is 1. The third kappa shape index (κ3) is 5.34. The second-order valence-corrected chi connectivity index (χ2v) is 7.46. The summed E-state index contributed by atoms with van der Waals surface area (Å²) in [5.74, 6) is -1.17. The largest absolute Gasteiger partial charge is 0.449 e. The van der Waals surface area contributed by atoms with Crippen LogP contribution in [0, 0.1) is 10.1 Å². The molecule has 0 aliphatic carbocycles. The van der Waals surface area contributed by atoms with Crippen LogP contribution in [0.4, 0.5) is 5.69 Å². The number of esters is 1. The second-order valence-electron chi connectivity index (χ2n) is 7.06. The number of hydrogen-bond acceptors (Lipinski definition) is 6. The molecule has 1 saturated heterocycles. The molecule has 1 atom stereocenters. The number of benzene rings is 2. The van der Waals surface area contributed by atoms with Crippen molar-refractivity contribution in [2.24, 2.45) is 0 Å². The molecule has 0 spiro atoms. The number of nitrogens with zero attached hydrogens (tertiary/aromatic N) is 3. The van der Waals surface area contributed by atoms with Crippen molar-refractivity contribution in [1.29, 1.82) is 0 Å². The molecule has 1 amide bonds. The molecule has 0 N–H and O–H groups in total. The lowest BCUT2D eigenvalue weighted by molar-refractivity contribution is -0.384. The van der Waals surface area contributed by atoms with Gasteiger partial charge >= 0.3 is 5.97 Å². The number of halogens is 1. The topological polar surface area (TPSA) is 93.0 Å². The van der Waals surface area contributed by atoms with E-state index in [1.165, 1.54) is 24.6 Å². The minimum atomic E-state index is -1.02. The molecule has 8 nitrogen and oxygen atoms in total. The van der Waals surface area contributed by atoms with Crippen LogP contribution in [-0.2, 0) is 16.1 Å². The van der Waals surface area contributed by atoms with Gasteiger partial charge in [0, 0.05) is 44.9 Å². The Morgan fingerprint density at radius 1 is 1.13 bits per heavy atom. The summed E-state index contributed by atoms with van der Waals surface area (Å²) in [5.41, 5.74) is 0.798. The van der Waals surface area contributed by atoms with Gasteiger partial charge in [0.05, 0.1) is 15.5 Å². The molecule has 1 fully saturated rings. The first kappa shape index (κ1) is 21.7. The number of carbonyl (C=O) groups excluding carboxylic acids is 2. The van der Waals surface area contributed by atoms with Gasteiger partial charge in [-0.25, -0.2) is 4.79 Å². The molecule has 3 rings (SSSR count). The number of rotatable bonds is 6. The molecule has 1 aliphatic rings. The van der Waals surface area contributed by atoms with Crippen molar-refractivity contribution < 1.29 is 19.2 Å². The van der Waals surface area contributed by atoms with Gasteiger partial charge in [-0.15, -0.1) is 0 Å². The van der Waals surface area contributed by atoms with Gasteiger partial charge in [-0.2, -0.15) is 0 Å². The summed E-state index contributed by atoms with van der Waals surface area (Å²) in [4.78, 5) is 39.3. The lowest BCUT2D eigenvalue weighted by Gasteiger charge is -2.35. The monoisotopic (exact) mass is 431 g/mol. The first-order valence-electron chi connectivity index (χ1n) is 9.55. The molecule has 30 heavy (non-hydrogen) atoms. The Bertz CT molecular complexity index is 929. The van der Waals surface area contributed by atoms with E-state index in [4.69, 9.17) is 16.3 Å². The number of carbonyl (C=O) groups is 2. The van der Waals surface area contributed by atoms with Crippen LogP contribution in [0.15, 0.2) is 48.5 Å². The summed E-state index contributed by atoms with van der Waals surface area (Å²) in [6.45, 7) is 4.81. The molecule has 2 aromatic rings. The molecule has 1 unspecified atom stereocenters. The van der Waals surface area contributed by atoms with E-state index in [1.807, 2.05) is 18.2 Å². The van der Waals surface area contributed by atoms with E-state index in [1.54, 1.807) is 4.90 Å². The summed E-state index contributed by atoms with van der Waals surface area (Å²) in [5, 5.41) is 10.9. The van der Waals surface area contributed by atoms with Gasteiger partial charge in [-0.05, 0) is 18.6 Å². The van der Waals surface area contributed by atoms with Crippen LogP contribution in [0.2, 0.25) is 5.02 Å². The Morgan fingerprint density at radius 3 is 2.43 bits per heavy atom. The van der Waals surface area contributed by atoms with E-state index in [-0.39, 0.29) is 22.2 Å². The fourth-order valence-electron chi connectivity index (χ4n) is 3.28. The van der Waals surface area contributed by atoms with Crippen LogP contribution >= 0.6 is 11.6 Å². The third-order valence-electron chi connectivity index (χ3n) is 4.95. The number of piperazine rings is 1. The van der Waals surface area contributed by atoms with Crippen LogP contribution < -0.4 is 0 Å². The van der Waals surface area contributed by atoms with Gasteiger partial charge in [-0.3, -0.25) is 19.8 Å². The van der Waals surface area contributed by atoms with Gasteiger partial charge < -0.3 is 9.64 Å². The molecular weight excluding hydrogens is 410 g/mol. The third-order valence-corrected chi connectivity index (χ3v) is 5.27. The normalized spacial score (nSPS) is 15.5. The van der Waals surface area contributed by atoms with E-state index in [9.17, 15) is 19.7 Å². The number of nitro benzene ring substituents is 1. The van der Waals surface area contributed by atoms with Crippen LogP contribution in [0.1, 0.15) is 22.8 Å². The van der Waals surface area contributed by atoms with Gasteiger partial charge in [-0.1, -0.05) is 41.9 Å². The highest BCUT2D eigenvalue weighted by Crippen LogP contribution is 2.23. The van der Waals surface area contributed by atoms with E-state index in [2.05, 4.69) is 17.0 Å². The highest BCUT2D eigenvalue weighted by atomic mass is 35.5. The highest BCUT2D eigenvalue weighted by molar-refractivity contribution is 6.33. The number of ether oxygens (including phenoxy) is 1. The number of amides is 1. The first-order chi connectivity index (χ1) is 14.3. The molecule has 158 valence electrons. The van der Waals surface area contributed by atoms with E-state index < -0.39 is 17.0 Å². The van der Waals surface area contributed by atoms with Crippen LogP contribution in [-0.4, -0.2) is 58.9 Å². The molecule has 0 saturated carbocycles. The summed E-state index contributed by atoms with van der Waals surface area (Å²) >= 11 is 5.97. The standard InChI is InChI=1S/C21H22ClN3O5/c1-15(30-21(27)18-13-17(25(28)29)7-8-19(18)22)20(26)24-11-9-23(10-12-24)14-16-5-3-2-4-6-16/h2-8,13,15H,9-12,14H2,1H3. The SMILES string of the molecule is CC(OC(=O)c1cc([N+](=O)[O-])ccc1Cl)C(=O)N1CCN(Cc2ccccc2)CC1. The maximum atomic E-state index is 12.7. The summed E-state index contributed by atoms with van der Waals surface area (Å²) in [6, 6.07) is 13.6. The highest BCUT2D eigenvalue weighted by Gasteiger charge is 2.28. The predicted molar refractivity (Wildman–Crippen MR) is 111 cm³/mol. The lowest BCUT2D eigenvalue weighted by atomic mass is 10.2. The molecule has 2 aromatic carbocycles. The fourth-order valence-corrected chi connectivity index (χ4v) is 3.48. The van der Waals surface area contributed by atoms with Crippen molar-refractivity contribution in [3.63, 3.8) is 0 Å². The molecular formula is C21H22ClN3O5. The van der Waals surface area contributed by atoms with Gasteiger partial charge in [0.25, 0.3) is 11.6 Å². The average molecular weight is 432 g/mol. The van der Waals surface area contributed by atoms with E-state index in [0.29, 0.717) is 13.1 Å². The molecule has 1 aliphatic heterocycles. The minimum Gasteiger partial charge on any atom is -0.449 e. The zero-order chi connectivity index (χ0) is 21.7. The van der Waals surface area contributed by atoms with Crippen molar-refractivity contribution in [3.05, 3.63) is 74.8 Å². The van der Waals surface area contributed by atoms with Crippen molar-refractivity contribution in [3.8, 4) is 0 Å². The number of nitro groups is 1. The van der Waals surface area contributed by atoms with Gasteiger partial charge in [0.2, 0.25) is 0 Å². The predicted octanol–water partition coefficient (Wildman–Crippen LogP) is 3.14. The Morgan fingerprint density at radius 2 is 1.80 bits per heavy atom. The molecule has 0 radical (unpaired) electrons. The Labute approximate surface area is 179 Å². The zero-order valence-corrected chi connectivity index (χ0v) is 17.2. The van der Waals surface area contributed by atoms with Crippen molar-refractivity contribution in [1.82, 2.24) is 9.80 Å². The van der Waals surface area contributed by atoms with Crippen LogP contribution in [0.3, 0.4) is 0 Å². The number of hydrogen-bond donors (Lipinski definition) is 0. The minimum absolute atomic E-state index is 0.0276. The van der Waals surface area contributed by atoms with Crippen molar-refractivity contribution in [2.45, 2.75) is 19.6 Å². The fraction of sp³-hybridized carbons (Fsp3) is 0.333. The summed E-state index contributed by atoms with van der Waals surface area (Å²) < 4.78 is 5.24. The Hall–Kier alpha value is -2.97. The molecule has 0 bridgehead atoms. The summed E-state index contributed by atoms with van der Waals surface area (Å²) in [6.07, 6.45) is -1.02. The van der Waals surface area contributed by atoms with Crippen LogP contribution in [0.25, 0.3) is 0 Å². The van der Waals surface area contributed by atoms with E-state index >= 15 is 0 Å². The first-order valence-corrected chi connectivity index (χ1v) is 9.93. The van der Waals surface area contributed by atoms with Crippen molar-refractivity contribution in [2.75, 3.05) is 26.2 Å². The van der Waals surface area contributed by atoms with Crippen molar-refractivity contribution >= 4 is 29.2 Å². The van der Waals surface area contributed by atoms with Gasteiger partial charge in [0.15, 0.2) is 6.10 Å². The Kier molecular flexibility index (Phi) is 7.02. The second kappa shape index (κ2) is 9.69. The molecule has 0 aromatic heterocycles. The summed E-state index contributed by atoms with van der Waals surface area (Å²) in [7, 11) is 0. The van der Waals surface area contributed by atoms with Crippen LogP contribution in [0.5, 0.6) is 0 Å². The lowest BCUT2D eigenvalue weighted by Crippen LogP contribution is -2.51. The zero-order valence-electron chi connectivity index (χ0n) is 16.5. The van der Waals surface area contributed by atoms with Gasteiger partial charge in [0.1, 0.15) is 0 Å². The Balaban J connectivity index is 1.54. The maximum absolute atomic E-state index is 12.7. The van der Waals surface area contributed by atoms with E-state index in [0.717, 1.165) is 25.7 Å².